The molecule has 0 fully saturated rings. The molecule has 0 aliphatic heterocycles. The minimum Gasteiger partial charge on any atom is -0.309 e. The summed E-state index contributed by atoms with van der Waals surface area (Å²) in [4.78, 5) is 0. The Bertz CT molecular complexity index is 408. The molecular formula is C12H16BrNOS. The van der Waals surface area contributed by atoms with Crippen molar-refractivity contribution in [1.82, 2.24) is 5.32 Å². The predicted octanol–water partition coefficient (Wildman–Crippen LogP) is 2.40. The fourth-order valence-electron chi connectivity index (χ4n) is 2.20. The van der Waals surface area contributed by atoms with E-state index in [1.807, 2.05) is 0 Å². The Hall–Kier alpha value is -0.190. The molecule has 0 aromatic heterocycles. The quantitative estimate of drug-likeness (QED) is 0.925. The number of benzene rings is 1. The van der Waals surface area contributed by atoms with E-state index in [1.165, 1.54) is 15.6 Å². The fourth-order valence-corrected chi connectivity index (χ4v) is 3.18. The number of hydrogen-bond donors (Lipinski definition) is 1. The van der Waals surface area contributed by atoms with Gasteiger partial charge in [-0.2, -0.15) is 0 Å². The Morgan fingerprint density at radius 2 is 2.38 bits per heavy atom. The number of fused-ring (bicyclic) bond motifs is 1. The van der Waals surface area contributed by atoms with Crippen molar-refractivity contribution in [2.75, 3.05) is 18.6 Å². The van der Waals surface area contributed by atoms with E-state index in [2.05, 4.69) is 39.4 Å². The monoisotopic (exact) mass is 301 g/mol. The van der Waals surface area contributed by atoms with Crippen LogP contribution in [0.5, 0.6) is 0 Å². The van der Waals surface area contributed by atoms with Gasteiger partial charge in [-0.3, -0.25) is 4.21 Å². The van der Waals surface area contributed by atoms with Crippen LogP contribution in [0.4, 0.5) is 0 Å². The number of rotatable bonds is 4. The van der Waals surface area contributed by atoms with Crippen molar-refractivity contribution in [3.8, 4) is 0 Å². The molecule has 0 amide bonds. The summed E-state index contributed by atoms with van der Waals surface area (Å²) >= 11 is 3.59. The molecule has 0 heterocycles. The normalized spacial score (nSPS) is 20.8. The molecule has 1 N–H and O–H groups in total. The highest BCUT2D eigenvalue weighted by Crippen LogP contribution is 2.35. The lowest BCUT2D eigenvalue weighted by atomic mass is 10.1. The third kappa shape index (κ3) is 2.73. The molecule has 0 radical (unpaired) electrons. The Balaban J connectivity index is 2.01. The van der Waals surface area contributed by atoms with Gasteiger partial charge in [-0.1, -0.05) is 28.1 Å². The molecule has 1 aromatic rings. The van der Waals surface area contributed by atoms with Crippen LogP contribution in [0, 0.1) is 0 Å². The molecule has 2 rings (SSSR count). The summed E-state index contributed by atoms with van der Waals surface area (Å²) in [5.74, 6) is 0.736. The first-order valence-electron chi connectivity index (χ1n) is 5.49. The van der Waals surface area contributed by atoms with Crippen LogP contribution in [-0.4, -0.2) is 22.8 Å². The van der Waals surface area contributed by atoms with Crippen LogP contribution in [0.15, 0.2) is 22.7 Å². The second kappa shape index (κ2) is 5.43. The molecule has 4 heteroatoms. The van der Waals surface area contributed by atoms with Gasteiger partial charge >= 0.3 is 0 Å². The maximum absolute atomic E-state index is 11.0. The first-order valence-corrected chi connectivity index (χ1v) is 8.01. The van der Waals surface area contributed by atoms with E-state index >= 15 is 0 Å². The highest BCUT2D eigenvalue weighted by molar-refractivity contribution is 9.10. The van der Waals surface area contributed by atoms with Gasteiger partial charge in [0, 0.05) is 39.9 Å². The van der Waals surface area contributed by atoms with E-state index in [9.17, 15) is 4.21 Å². The number of hydrogen-bond acceptors (Lipinski definition) is 2. The third-order valence-corrected chi connectivity index (χ3v) is 4.52. The highest BCUT2D eigenvalue weighted by Gasteiger charge is 2.23. The Morgan fingerprint density at radius 3 is 3.12 bits per heavy atom. The van der Waals surface area contributed by atoms with E-state index in [1.54, 1.807) is 6.26 Å². The Kier molecular flexibility index (Phi) is 4.16. The average molecular weight is 302 g/mol. The van der Waals surface area contributed by atoms with Gasteiger partial charge in [-0.05, 0) is 30.0 Å². The van der Waals surface area contributed by atoms with Crippen LogP contribution in [-0.2, 0) is 17.2 Å². The van der Waals surface area contributed by atoms with E-state index in [0.29, 0.717) is 6.04 Å². The van der Waals surface area contributed by atoms with Gasteiger partial charge in [-0.25, -0.2) is 0 Å². The molecule has 1 aliphatic rings. The van der Waals surface area contributed by atoms with Crippen molar-refractivity contribution < 1.29 is 4.21 Å². The van der Waals surface area contributed by atoms with Crippen molar-refractivity contribution in [2.24, 2.45) is 0 Å². The average Bonchev–Trinajstić information content (AvgIpc) is 2.63. The molecule has 88 valence electrons. The van der Waals surface area contributed by atoms with Crippen LogP contribution in [0.3, 0.4) is 0 Å². The number of halogens is 1. The zero-order chi connectivity index (χ0) is 11.5. The van der Waals surface area contributed by atoms with Crippen LogP contribution < -0.4 is 5.32 Å². The molecule has 1 aromatic carbocycles. The molecule has 0 bridgehead atoms. The van der Waals surface area contributed by atoms with Crippen LogP contribution in [0.2, 0.25) is 0 Å². The zero-order valence-corrected chi connectivity index (χ0v) is 11.7. The standard InChI is InChI=1S/C12H16BrNOS/c1-16(15)8-7-14-12-6-5-9-10(12)3-2-4-11(9)13/h2-4,12,14H,5-8H2,1H3. The third-order valence-electron chi connectivity index (χ3n) is 2.99. The largest absolute Gasteiger partial charge is 0.309 e. The molecule has 16 heavy (non-hydrogen) atoms. The van der Waals surface area contributed by atoms with Gasteiger partial charge in [0.1, 0.15) is 0 Å². The van der Waals surface area contributed by atoms with Gasteiger partial charge in [0.15, 0.2) is 0 Å². The first kappa shape index (κ1) is 12.3. The lowest BCUT2D eigenvalue weighted by Gasteiger charge is -2.13. The van der Waals surface area contributed by atoms with Crippen molar-refractivity contribution in [3.05, 3.63) is 33.8 Å². The van der Waals surface area contributed by atoms with E-state index < -0.39 is 10.8 Å². The lowest BCUT2D eigenvalue weighted by Crippen LogP contribution is -2.24. The van der Waals surface area contributed by atoms with Gasteiger partial charge in [-0.15, -0.1) is 0 Å². The molecule has 0 saturated heterocycles. The van der Waals surface area contributed by atoms with E-state index in [4.69, 9.17) is 0 Å². The van der Waals surface area contributed by atoms with Crippen LogP contribution in [0.1, 0.15) is 23.6 Å². The minimum absolute atomic E-state index is 0.441. The molecule has 0 saturated carbocycles. The fraction of sp³-hybridized carbons (Fsp3) is 0.500. The van der Waals surface area contributed by atoms with Crippen LogP contribution in [0.25, 0.3) is 0 Å². The molecule has 1 aliphatic carbocycles. The molecule has 0 spiro atoms. The Morgan fingerprint density at radius 1 is 1.56 bits per heavy atom. The van der Waals surface area contributed by atoms with E-state index in [0.717, 1.165) is 25.1 Å². The lowest BCUT2D eigenvalue weighted by molar-refractivity contribution is 0.549. The predicted molar refractivity (Wildman–Crippen MR) is 72.1 cm³/mol. The molecule has 2 nitrogen and oxygen atoms in total. The van der Waals surface area contributed by atoms with Crippen molar-refractivity contribution in [3.63, 3.8) is 0 Å². The summed E-state index contributed by atoms with van der Waals surface area (Å²) < 4.78 is 12.2. The maximum atomic E-state index is 11.0. The topological polar surface area (TPSA) is 29.1 Å². The maximum Gasteiger partial charge on any atom is 0.0357 e. The molecule has 2 unspecified atom stereocenters. The summed E-state index contributed by atoms with van der Waals surface area (Å²) in [7, 11) is -0.700. The van der Waals surface area contributed by atoms with Crippen molar-refractivity contribution in [1.29, 1.82) is 0 Å². The zero-order valence-electron chi connectivity index (χ0n) is 9.33. The Labute approximate surface area is 107 Å². The van der Waals surface area contributed by atoms with Crippen molar-refractivity contribution in [2.45, 2.75) is 18.9 Å². The second-order valence-electron chi connectivity index (χ2n) is 4.13. The smallest absolute Gasteiger partial charge is 0.0357 e. The minimum atomic E-state index is -0.700. The first-order chi connectivity index (χ1) is 7.68. The van der Waals surface area contributed by atoms with Gasteiger partial charge in [0.05, 0.1) is 0 Å². The summed E-state index contributed by atoms with van der Waals surface area (Å²) in [5, 5.41) is 3.48. The van der Waals surface area contributed by atoms with E-state index in [-0.39, 0.29) is 0 Å². The van der Waals surface area contributed by atoms with Crippen molar-refractivity contribution >= 4 is 26.7 Å². The SMILES string of the molecule is CS(=O)CCNC1CCc2c(Br)cccc21. The highest BCUT2D eigenvalue weighted by atomic mass is 79.9. The summed E-state index contributed by atoms with van der Waals surface area (Å²) in [5.41, 5.74) is 2.83. The summed E-state index contributed by atoms with van der Waals surface area (Å²) in [6, 6.07) is 6.81. The van der Waals surface area contributed by atoms with Crippen LogP contribution >= 0.6 is 15.9 Å². The second-order valence-corrected chi connectivity index (χ2v) is 6.54. The molecular weight excluding hydrogens is 286 g/mol. The number of nitrogens with one attached hydrogen (secondary N) is 1. The summed E-state index contributed by atoms with van der Waals surface area (Å²) in [6.45, 7) is 0.833. The van der Waals surface area contributed by atoms with Gasteiger partial charge in [0.25, 0.3) is 0 Å². The summed E-state index contributed by atoms with van der Waals surface area (Å²) in [6.07, 6.45) is 4.03. The van der Waals surface area contributed by atoms with Gasteiger partial charge < -0.3 is 5.32 Å². The van der Waals surface area contributed by atoms with Gasteiger partial charge in [0.2, 0.25) is 0 Å². The molecule has 2 atom stereocenters.